The van der Waals surface area contributed by atoms with E-state index < -0.39 is 35.5 Å². The van der Waals surface area contributed by atoms with Crippen LogP contribution in [-0.4, -0.2) is 34.6 Å². The maximum atomic E-state index is 13.3. The van der Waals surface area contributed by atoms with Gasteiger partial charge in [0.15, 0.2) is 0 Å². The Morgan fingerprint density at radius 3 is 2.57 bits per heavy atom. The topological polar surface area (TPSA) is 83.6 Å². The zero-order valence-corrected chi connectivity index (χ0v) is 11.3. The number of carbonyl (C=O) groups excluding carboxylic acids is 4. The van der Waals surface area contributed by atoms with E-state index in [1.807, 2.05) is 0 Å². The Kier molecular flexibility index (Phi) is 3.84. The van der Waals surface area contributed by atoms with Gasteiger partial charge in [-0.15, -0.1) is 0 Å². The van der Waals surface area contributed by atoms with Crippen molar-refractivity contribution in [3.05, 3.63) is 35.7 Å². The number of imide groups is 2. The molecule has 0 aromatic carbocycles. The van der Waals surface area contributed by atoms with E-state index in [-0.39, 0.29) is 24.0 Å². The monoisotopic (exact) mass is 292 g/mol. The normalized spacial score (nSPS) is 23.8. The van der Waals surface area contributed by atoms with Gasteiger partial charge in [0.2, 0.25) is 11.8 Å². The fourth-order valence-electron chi connectivity index (χ4n) is 2.26. The molecule has 1 N–H and O–H groups in total. The van der Waals surface area contributed by atoms with Crippen molar-refractivity contribution in [3.8, 4) is 0 Å². The number of rotatable bonds is 3. The number of carbonyl (C=O) groups is 4. The van der Waals surface area contributed by atoms with Crippen LogP contribution in [0.4, 0.5) is 4.39 Å². The van der Waals surface area contributed by atoms with Crippen molar-refractivity contribution >= 4 is 23.6 Å². The van der Waals surface area contributed by atoms with E-state index in [4.69, 9.17) is 0 Å². The predicted octanol–water partition coefficient (Wildman–Crippen LogP) is 0.516. The third-order valence-electron chi connectivity index (χ3n) is 3.39. The van der Waals surface area contributed by atoms with Crippen LogP contribution in [0.1, 0.15) is 19.8 Å². The third kappa shape index (κ3) is 2.54. The van der Waals surface area contributed by atoms with Crippen LogP contribution < -0.4 is 5.32 Å². The molecule has 0 saturated carbocycles. The number of hydrogen-bond donors (Lipinski definition) is 1. The van der Waals surface area contributed by atoms with E-state index in [0.29, 0.717) is 0 Å². The van der Waals surface area contributed by atoms with Crippen molar-refractivity contribution in [2.24, 2.45) is 0 Å². The lowest BCUT2D eigenvalue weighted by Gasteiger charge is -2.28. The van der Waals surface area contributed by atoms with Crippen molar-refractivity contribution in [2.45, 2.75) is 25.8 Å². The molecule has 2 aliphatic rings. The Hall–Kier alpha value is -2.57. The number of nitrogens with one attached hydrogen (secondary N) is 1. The van der Waals surface area contributed by atoms with Gasteiger partial charge in [-0.05, 0) is 25.5 Å². The second-order valence-electron chi connectivity index (χ2n) is 4.72. The van der Waals surface area contributed by atoms with Crippen LogP contribution in [-0.2, 0) is 19.2 Å². The smallest absolute Gasteiger partial charge is 0.262 e. The van der Waals surface area contributed by atoms with E-state index in [2.05, 4.69) is 11.9 Å². The van der Waals surface area contributed by atoms with Crippen molar-refractivity contribution in [1.29, 1.82) is 0 Å². The fraction of sp³-hybridized carbons (Fsp3) is 0.286. The molecule has 0 aliphatic carbocycles. The molecule has 2 heterocycles. The summed E-state index contributed by atoms with van der Waals surface area (Å²) >= 11 is 0. The molecule has 0 aromatic rings. The minimum Gasteiger partial charge on any atom is -0.295 e. The molecule has 1 atom stereocenters. The molecule has 4 amide bonds. The Labute approximate surface area is 120 Å². The number of halogens is 1. The summed E-state index contributed by atoms with van der Waals surface area (Å²) in [7, 11) is 0. The number of piperidine rings is 1. The summed E-state index contributed by atoms with van der Waals surface area (Å²) in [5.74, 6) is -3.30. The summed E-state index contributed by atoms with van der Waals surface area (Å²) in [5.41, 5.74) is -0.0520. The summed E-state index contributed by atoms with van der Waals surface area (Å²) in [4.78, 5) is 48.0. The lowest BCUT2D eigenvalue weighted by molar-refractivity contribution is -0.150. The highest BCUT2D eigenvalue weighted by atomic mass is 19.1. The van der Waals surface area contributed by atoms with Gasteiger partial charge in [0.05, 0.1) is 5.57 Å². The van der Waals surface area contributed by atoms with E-state index in [0.717, 1.165) is 17.1 Å². The Morgan fingerprint density at radius 2 is 2.00 bits per heavy atom. The molecule has 0 spiro atoms. The summed E-state index contributed by atoms with van der Waals surface area (Å²) in [5, 5.41) is 2.08. The first-order valence-electron chi connectivity index (χ1n) is 6.29. The largest absolute Gasteiger partial charge is 0.295 e. The first kappa shape index (κ1) is 14.8. The average Bonchev–Trinajstić information content (AvgIpc) is 2.64. The van der Waals surface area contributed by atoms with Crippen LogP contribution in [0.5, 0.6) is 0 Å². The molecule has 0 aromatic heterocycles. The zero-order valence-electron chi connectivity index (χ0n) is 11.3. The Balaban J connectivity index is 2.32. The molecule has 110 valence electrons. The Morgan fingerprint density at radius 1 is 1.33 bits per heavy atom. The van der Waals surface area contributed by atoms with Gasteiger partial charge in [-0.25, -0.2) is 4.39 Å². The van der Waals surface area contributed by atoms with Crippen LogP contribution in [0.15, 0.2) is 35.7 Å². The maximum Gasteiger partial charge on any atom is 0.262 e. The summed E-state index contributed by atoms with van der Waals surface area (Å²) in [6, 6.07) is -1.05. The van der Waals surface area contributed by atoms with E-state index in [9.17, 15) is 23.6 Å². The number of amides is 4. The Bertz CT molecular complexity index is 633. The van der Waals surface area contributed by atoms with Crippen molar-refractivity contribution in [1.82, 2.24) is 10.2 Å². The van der Waals surface area contributed by atoms with Crippen LogP contribution in [0.2, 0.25) is 0 Å². The summed E-state index contributed by atoms with van der Waals surface area (Å²) in [6.07, 6.45) is 1.93. The van der Waals surface area contributed by atoms with Crippen molar-refractivity contribution < 1.29 is 23.6 Å². The minimum atomic E-state index is -1.05. The SMILES string of the molecule is C=C/C(F)=C\C1=C(C)C(=O)N(C2CCC(=O)NC2=O)C1=O. The molecule has 0 radical (unpaired) electrons. The first-order valence-corrected chi connectivity index (χ1v) is 6.29. The van der Waals surface area contributed by atoms with Gasteiger partial charge < -0.3 is 0 Å². The van der Waals surface area contributed by atoms with Gasteiger partial charge in [0.1, 0.15) is 11.9 Å². The van der Waals surface area contributed by atoms with Gasteiger partial charge in [0, 0.05) is 12.0 Å². The van der Waals surface area contributed by atoms with Gasteiger partial charge in [0.25, 0.3) is 11.8 Å². The third-order valence-corrected chi connectivity index (χ3v) is 3.39. The maximum absolute atomic E-state index is 13.3. The summed E-state index contributed by atoms with van der Waals surface area (Å²) < 4.78 is 13.3. The second kappa shape index (κ2) is 5.43. The van der Waals surface area contributed by atoms with Crippen LogP contribution >= 0.6 is 0 Å². The van der Waals surface area contributed by atoms with E-state index >= 15 is 0 Å². The molecule has 2 rings (SSSR count). The quantitative estimate of drug-likeness (QED) is 0.607. The average molecular weight is 292 g/mol. The zero-order chi connectivity index (χ0) is 15.7. The second-order valence-corrected chi connectivity index (χ2v) is 4.72. The van der Waals surface area contributed by atoms with E-state index in [1.165, 1.54) is 6.92 Å². The standard InChI is InChI=1S/C14H13FN2O4/c1-3-8(15)6-9-7(2)13(20)17(14(9)21)10-4-5-11(18)16-12(10)19/h3,6,10H,1,4-5H2,2H3,(H,16,18,19)/b8-6+. The van der Waals surface area contributed by atoms with Crippen LogP contribution in [0, 0.1) is 0 Å². The molecule has 21 heavy (non-hydrogen) atoms. The lowest BCUT2D eigenvalue weighted by atomic mass is 10.0. The molecular formula is C14H13FN2O4. The highest BCUT2D eigenvalue weighted by Gasteiger charge is 2.44. The molecular weight excluding hydrogens is 279 g/mol. The molecule has 1 unspecified atom stereocenters. The van der Waals surface area contributed by atoms with Gasteiger partial charge in [-0.3, -0.25) is 29.4 Å². The predicted molar refractivity (Wildman–Crippen MR) is 70.1 cm³/mol. The van der Waals surface area contributed by atoms with Crippen molar-refractivity contribution in [2.75, 3.05) is 0 Å². The molecule has 7 heteroatoms. The number of hydrogen-bond acceptors (Lipinski definition) is 4. The molecule has 2 aliphatic heterocycles. The summed E-state index contributed by atoms with van der Waals surface area (Å²) in [6.45, 7) is 4.61. The van der Waals surface area contributed by atoms with Gasteiger partial charge >= 0.3 is 0 Å². The molecule has 1 saturated heterocycles. The number of nitrogens with zero attached hydrogens (tertiary/aromatic N) is 1. The van der Waals surface area contributed by atoms with E-state index in [1.54, 1.807) is 0 Å². The van der Waals surface area contributed by atoms with Crippen molar-refractivity contribution in [3.63, 3.8) is 0 Å². The van der Waals surface area contributed by atoms with Crippen LogP contribution in [0.3, 0.4) is 0 Å². The molecule has 6 nitrogen and oxygen atoms in total. The molecule has 0 bridgehead atoms. The van der Waals surface area contributed by atoms with Gasteiger partial charge in [-0.1, -0.05) is 6.58 Å². The first-order chi connectivity index (χ1) is 9.86. The van der Waals surface area contributed by atoms with Crippen LogP contribution in [0.25, 0.3) is 0 Å². The highest BCUT2D eigenvalue weighted by Crippen LogP contribution is 2.27. The fourth-order valence-corrected chi connectivity index (χ4v) is 2.26. The molecule has 1 fully saturated rings. The highest BCUT2D eigenvalue weighted by molar-refractivity contribution is 6.22. The number of allylic oxidation sites excluding steroid dienone is 2. The lowest BCUT2D eigenvalue weighted by Crippen LogP contribution is -2.54. The van der Waals surface area contributed by atoms with Gasteiger partial charge in [-0.2, -0.15) is 0 Å². The minimum absolute atomic E-state index is 0.0404.